The lowest BCUT2D eigenvalue weighted by Crippen LogP contribution is -2.44. The number of likely N-dealkylation sites (N-methyl/N-ethyl adjacent to an activating group) is 1. The molecule has 2 aromatic carbocycles. The Morgan fingerprint density at radius 1 is 0.917 bits per heavy atom. The number of phenolic OH excluding ortho intramolecular Hbond substituents is 1. The monoisotopic (exact) mass is 498 g/mol. The fraction of sp³-hybridized carbons (Fsp3) is 0.214. The van der Waals surface area contributed by atoms with E-state index in [0.29, 0.717) is 5.92 Å². The topological polar surface area (TPSA) is 80.0 Å². The van der Waals surface area contributed by atoms with Gasteiger partial charge in [0.15, 0.2) is 0 Å². The molecule has 7 nitrogen and oxygen atoms in total. The number of nitrogens with zero attached hydrogens (tertiary/aromatic N) is 6. The van der Waals surface area contributed by atoms with Crippen molar-refractivity contribution in [2.24, 2.45) is 7.05 Å². The fourth-order valence-electron chi connectivity index (χ4n) is 4.78. The normalized spacial score (nSPS) is 13.9. The third-order valence-corrected chi connectivity index (χ3v) is 6.80. The van der Waals surface area contributed by atoms with Crippen molar-refractivity contribution in [2.75, 3.05) is 19.6 Å². The number of pyridine rings is 1. The van der Waals surface area contributed by atoms with Gasteiger partial charge >= 0.3 is 0 Å². The van der Waals surface area contributed by atoms with Gasteiger partial charge in [-0.2, -0.15) is 15.3 Å². The van der Waals surface area contributed by atoms with E-state index in [4.69, 9.17) is 0 Å². The van der Waals surface area contributed by atoms with E-state index in [2.05, 4.69) is 44.2 Å². The van der Waals surface area contributed by atoms with E-state index in [1.807, 2.05) is 55.7 Å². The molecule has 5 aromatic rings. The number of phenols is 1. The zero-order chi connectivity index (χ0) is 23.9. The summed E-state index contributed by atoms with van der Waals surface area (Å²) in [5, 5.41) is 25.3. The fourth-order valence-corrected chi connectivity index (χ4v) is 4.78. The number of aromatic nitrogens is 5. The van der Waals surface area contributed by atoms with Gasteiger partial charge in [-0.3, -0.25) is 9.67 Å². The highest BCUT2D eigenvalue weighted by molar-refractivity contribution is 5.89. The molecule has 0 radical (unpaired) electrons. The van der Waals surface area contributed by atoms with Gasteiger partial charge in [-0.15, -0.1) is 12.4 Å². The molecule has 1 saturated heterocycles. The van der Waals surface area contributed by atoms with Crippen molar-refractivity contribution in [3.63, 3.8) is 0 Å². The molecule has 4 heterocycles. The van der Waals surface area contributed by atoms with Gasteiger partial charge in [-0.1, -0.05) is 37.3 Å². The predicted octanol–water partition coefficient (Wildman–Crippen LogP) is 5.31. The average Bonchev–Trinajstić information content (AvgIpc) is 3.23. The van der Waals surface area contributed by atoms with Crippen LogP contribution in [0.4, 0.5) is 0 Å². The second kappa shape index (κ2) is 9.68. The number of aromatic hydroxyl groups is 1. The summed E-state index contributed by atoms with van der Waals surface area (Å²) in [4.78, 5) is 7.03. The third-order valence-electron chi connectivity index (χ3n) is 6.80. The lowest BCUT2D eigenvalue weighted by Gasteiger charge is -2.37. The number of aryl methyl sites for hydroxylation is 1. The number of hydrogen-bond donors (Lipinski definition) is 1. The van der Waals surface area contributed by atoms with Crippen LogP contribution in [0, 0.1) is 0 Å². The maximum absolute atomic E-state index is 10.7. The summed E-state index contributed by atoms with van der Waals surface area (Å²) in [6.45, 7) is 5.33. The number of benzene rings is 2. The van der Waals surface area contributed by atoms with Gasteiger partial charge in [0.25, 0.3) is 0 Å². The quantitative estimate of drug-likeness (QED) is 0.354. The molecule has 6 rings (SSSR count). The van der Waals surface area contributed by atoms with Crippen LogP contribution in [-0.2, 0) is 7.05 Å². The molecular weight excluding hydrogens is 472 g/mol. The Labute approximate surface area is 215 Å². The Balaban J connectivity index is 0.00000267. The number of halogens is 1. The molecule has 36 heavy (non-hydrogen) atoms. The first-order valence-electron chi connectivity index (χ1n) is 11.9. The van der Waals surface area contributed by atoms with E-state index in [1.54, 1.807) is 16.9 Å². The average molecular weight is 499 g/mol. The SMILES string of the molecule is CCN1CC(c2ccc(-c3ccc(-c4cc5cn(C)nc5cn4)cc3-c3ccccc3O)nn2)C1.Cl. The first-order valence-corrected chi connectivity index (χ1v) is 11.9. The molecule has 0 atom stereocenters. The summed E-state index contributed by atoms with van der Waals surface area (Å²) in [7, 11) is 1.90. The maximum atomic E-state index is 10.7. The number of likely N-dealkylation sites (tertiary alicyclic amines) is 1. The van der Waals surface area contributed by atoms with Crippen molar-refractivity contribution in [2.45, 2.75) is 12.8 Å². The molecule has 0 saturated carbocycles. The van der Waals surface area contributed by atoms with Gasteiger partial charge in [0, 0.05) is 54.3 Å². The van der Waals surface area contributed by atoms with E-state index in [1.165, 1.54) is 0 Å². The van der Waals surface area contributed by atoms with E-state index >= 15 is 0 Å². The van der Waals surface area contributed by atoms with Gasteiger partial charge in [0.2, 0.25) is 0 Å². The van der Waals surface area contributed by atoms with Crippen molar-refractivity contribution >= 4 is 23.3 Å². The minimum atomic E-state index is 0. The minimum absolute atomic E-state index is 0. The summed E-state index contributed by atoms with van der Waals surface area (Å²) in [6, 6.07) is 19.7. The highest BCUT2D eigenvalue weighted by Crippen LogP contribution is 2.39. The molecule has 1 fully saturated rings. The standard InChI is InChI=1S/C28H26N6O.ClH/c1-3-34-16-20(17-34)24-10-11-25(31-30-24)21-9-8-18(12-23(21)22-6-4-5-7-28(22)35)26-13-19-15-33(2)32-27(19)14-29-26;/h4-15,20,35H,3,16-17H2,1-2H3;1H. The number of fused-ring (bicyclic) bond motifs is 1. The Bertz CT molecular complexity index is 1530. The van der Waals surface area contributed by atoms with Gasteiger partial charge in [-0.05, 0) is 42.4 Å². The Kier molecular flexibility index (Phi) is 6.43. The molecule has 3 aromatic heterocycles. The van der Waals surface area contributed by atoms with Crippen molar-refractivity contribution in [3.8, 4) is 39.4 Å². The highest BCUT2D eigenvalue weighted by atomic mass is 35.5. The minimum Gasteiger partial charge on any atom is -0.507 e. The van der Waals surface area contributed by atoms with E-state index in [-0.39, 0.29) is 18.2 Å². The second-order valence-electron chi connectivity index (χ2n) is 9.10. The van der Waals surface area contributed by atoms with Gasteiger partial charge in [0.05, 0.1) is 23.3 Å². The summed E-state index contributed by atoms with van der Waals surface area (Å²) >= 11 is 0. The van der Waals surface area contributed by atoms with Gasteiger partial charge in [-0.25, -0.2) is 0 Å². The molecule has 1 aliphatic rings. The van der Waals surface area contributed by atoms with Crippen LogP contribution in [0.3, 0.4) is 0 Å². The van der Waals surface area contributed by atoms with Crippen molar-refractivity contribution in [1.29, 1.82) is 0 Å². The van der Waals surface area contributed by atoms with E-state index in [0.717, 1.165) is 69.9 Å². The van der Waals surface area contributed by atoms with Crippen LogP contribution in [0.5, 0.6) is 5.75 Å². The molecule has 0 aliphatic carbocycles. The second-order valence-corrected chi connectivity index (χ2v) is 9.10. The van der Waals surface area contributed by atoms with Crippen LogP contribution < -0.4 is 0 Å². The summed E-state index contributed by atoms with van der Waals surface area (Å²) in [5.41, 5.74) is 7.02. The largest absolute Gasteiger partial charge is 0.507 e. The summed E-state index contributed by atoms with van der Waals surface area (Å²) in [5.74, 6) is 0.672. The number of hydrogen-bond acceptors (Lipinski definition) is 6. The Morgan fingerprint density at radius 2 is 1.75 bits per heavy atom. The smallest absolute Gasteiger partial charge is 0.123 e. The Hall–Kier alpha value is -3.81. The van der Waals surface area contributed by atoms with Crippen molar-refractivity contribution in [1.82, 2.24) is 29.9 Å². The molecule has 182 valence electrons. The van der Waals surface area contributed by atoms with Gasteiger partial charge < -0.3 is 10.0 Å². The molecule has 0 bridgehead atoms. The van der Waals surface area contributed by atoms with Crippen LogP contribution in [0.1, 0.15) is 18.5 Å². The first-order chi connectivity index (χ1) is 17.1. The molecule has 0 spiro atoms. The number of rotatable bonds is 5. The molecule has 0 unspecified atom stereocenters. The van der Waals surface area contributed by atoms with Gasteiger partial charge in [0.1, 0.15) is 11.3 Å². The highest BCUT2D eigenvalue weighted by Gasteiger charge is 2.28. The maximum Gasteiger partial charge on any atom is 0.123 e. The Morgan fingerprint density at radius 3 is 2.50 bits per heavy atom. The summed E-state index contributed by atoms with van der Waals surface area (Å²) < 4.78 is 1.79. The van der Waals surface area contributed by atoms with Crippen molar-refractivity contribution in [3.05, 3.63) is 78.8 Å². The van der Waals surface area contributed by atoms with Crippen LogP contribution >= 0.6 is 12.4 Å². The van der Waals surface area contributed by atoms with Crippen LogP contribution in [0.25, 0.3) is 44.5 Å². The van der Waals surface area contributed by atoms with Crippen LogP contribution in [0.15, 0.2) is 73.1 Å². The molecule has 0 amide bonds. The van der Waals surface area contributed by atoms with Crippen molar-refractivity contribution < 1.29 is 5.11 Å². The van der Waals surface area contributed by atoms with E-state index < -0.39 is 0 Å². The zero-order valence-electron chi connectivity index (χ0n) is 20.2. The predicted molar refractivity (Wildman–Crippen MR) is 144 cm³/mol. The third kappa shape index (κ3) is 4.32. The van der Waals surface area contributed by atoms with E-state index in [9.17, 15) is 5.11 Å². The first kappa shape index (κ1) is 23.9. The molecule has 1 N–H and O–H groups in total. The van der Waals surface area contributed by atoms with Crippen LogP contribution in [0.2, 0.25) is 0 Å². The number of para-hydroxylation sites is 1. The molecule has 1 aliphatic heterocycles. The molecule has 8 heteroatoms. The molecular formula is C28H27ClN6O. The van der Waals surface area contributed by atoms with Crippen LogP contribution in [-0.4, -0.2) is 54.6 Å². The summed E-state index contributed by atoms with van der Waals surface area (Å²) in [6.07, 6.45) is 3.78. The lowest BCUT2D eigenvalue weighted by atomic mass is 9.92. The lowest BCUT2D eigenvalue weighted by molar-refractivity contribution is 0.154. The zero-order valence-corrected chi connectivity index (χ0v) is 21.0.